The second-order valence-electron chi connectivity index (χ2n) is 3.48. The largest absolute Gasteiger partial charge is 0.747 e. The van der Waals surface area contributed by atoms with Crippen LogP contribution in [-0.4, -0.2) is 24.2 Å². The Bertz CT molecular complexity index is 397. The van der Waals surface area contributed by atoms with E-state index < -0.39 is 21.5 Å². The lowest BCUT2D eigenvalue weighted by molar-refractivity contribution is 0.181. The van der Waals surface area contributed by atoms with Gasteiger partial charge in [-0.2, -0.15) is 0 Å². The van der Waals surface area contributed by atoms with Gasteiger partial charge in [0.1, 0.15) is 10.1 Å². The van der Waals surface area contributed by atoms with Gasteiger partial charge in [-0.05, 0) is 18.9 Å². The van der Waals surface area contributed by atoms with Gasteiger partial charge in [-0.15, -0.1) is 0 Å². The van der Waals surface area contributed by atoms with E-state index in [0.717, 1.165) is 0 Å². The van der Waals surface area contributed by atoms with Gasteiger partial charge in [0.25, 0.3) is 0 Å². The summed E-state index contributed by atoms with van der Waals surface area (Å²) in [5.41, 5.74) is 0.424. The van der Waals surface area contributed by atoms with E-state index in [-0.39, 0.29) is 6.42 Å². The SMILES string of the molecule is C[C@H](O)C[C@H](c1ccccc1)S(=O)(=O)[O-]. The molecule has 4 nitrogen and oxygen atoms in total. The molecule has 0 saturated heterocycles. The van der Waals surface area contributed by atoms with Crippen molar-refractivity contribution in [2.75, 3.05) is 0 Å². The van der Waals surface area contributed by atoms with Crippen LogP contribution in [0, 0.1) is 0 Å². The Kier molecular flexibility index (Phi) is 3.84. The molecule has 0 aliphatic rings. The predicted molar refractivity (Wildman–Crippen MR) is 55.2 cm³/mol. The zero-order chi connectivity index (χ0) is 11.5. The van der Waals surface area contributed by atoms with E-state index in [1.165, 1.54) is 6.92 Å². The van der Waals surface area contributed by atoms with Crippen LogP contribution >= 0.6 is 0 Å². The van der Waals surface area contributed by atoms with Crippen LogP contribution in [0.4, 0.5) is 0 Å². The molecule has 0 heterocycles. The van der Waals surface area contributed by atoms with Gasteiger partial charge in [0.05, 0.1) is 11.4 Å². The molecule has 0 unspecified atom stereocenters. The monoisotopic (exact) mass is 229 g/mol. The van der Waals surface area contributed by atoms with Crippen LogP contribution in [0.1, 0.15) is 24.2 Å². The summed E-state index contributed by atoms with van der Waals surface area (Å²) in [4.78, 5) is 0. The molecule has 1 aromatic carbocycles. The molecule has 0 aliphatic carbocycles. The molecule has 0 aromatic heterocycles. The van der Waals surface area contributed by atoms with Gasteiger partial charge < -0.3 is 9.66 Å². The lowest BCUT2D eigenvalue weighted by Crippen LogP contribution is -2.17. The molecular formula is C10H13O4S-. The second-order valence-corrected chi connectivity index (χ2v) is 5.03. The molecular weight excluding hydrogens is 216 g/mol. The Morgan fingerprint density at radius 2 is 1.87 bits per heavy atom. The third-order valence-corrected chi connectivity index (χ3v) is 3.24. The quantitative estimate of drug-likeness (QED) is 0.783. The summed E-state index contributed by atoms with van der Waals surface area (Å²) in [6, 6.07) is 8.20. The number of benzene rings is 1. The number of rotatable bonds is 4. The number of hydrogen-bond acceptors (Lipinski definition) is 4. The average molecular weight is 229 g/mol. The second kappa shape index (κ2) is 4.74. The summed E-state index contributed by atoms with van der Waals surface area (Å²) in [6.07, 6.45) is -0.894. The predicted octanol–water partition coefficient (Wildman–Crippen LogP) is 1.04. The number of hydrogen-bond donors (Lipinski definition) is 1. The molecule has 5 heteroatoms. The highest BCUT2D eigenvalue weighted by Gasteiger charge is 2.20. The lowest BCUT2D eigenvalue weighted by Gasteiger charge is -2.22. The van der Waals surface area contributed by atoms with E-state index in [1.807, 2.05) is 0 Å². The molecule has 0 spiro atoms. The molecule has 0 saturated carbocycles. The maximum atomic E-state index is 11.0. The van der Waals surface area contributed by atoms with Crippen molar-refractivity contribution in [3.63, 3.8) is 0 Å². The Balaban J connectivity index is 3.03. The number of aliphatic hydroxyl groups is 1. The van der Waals surface area contributed by atoms with Crippen molar-refractivity contribution in [2.24, 2.45) is 0 Å². The highest BCUT2D eigenvalue weighted by Crippen LogP contribution is 2.26. The minimum absolute atomic E-state index is 0.0736. The molecule has 0 fully saturated rings. The summed E-state index contributed by atoms with van der Waals surface area (Å²) < 4.78 is 33.0. The van der Waals surface area contributed by atoms with Gasteiger partial charge in [0, 0.05) is 0 Å². The topological polar surface area (TPSA) is 77.4 Å². The molecule has 0 aliphatic heterocycles. The summed E-state index contributed by atoms with van der Waals surface area (Å²) in [5.74, 6) is 0. The zero-order valence-corrected chi connectivity index (χ0v) is 9.15. The van der Waals surface area contributed by atoms with Crippen LogP contribution in [0.15, 0.2) is 30.3 Å². The maximum absolute atomic E-state index is 11.0. The third-order valence-electron chi connectivity index (χ3n) is 2.08. The van der Waals surface area contributed by atoms with Crippen LogP contribution in [0.3, 0.4) is 0 Å². The van der Waals surface area contributed by atoms with Gasteiger partial charge in [-0.1, -0.05) is 30.3 Å². The van der Waals surface area contributed by atoms with E-state index in [0.29, 0.717) is 5.56 Å². The van der Waals surface area contributed by atoms with Crippen LogP contribution in [0.2, 0.25) is 0 Å². The van der Waals surface area contributed by atoms with Crippen molar-refractivity contribution >= 4 is 10.1 Å². The summed E-state index contributed by atoms with van der Waals surface area (Å²) >= 11 is 0. The minimum Gasteiger partial charge on any atom is -0.747 e. The minimum atomic E-state index is -4.42. The van der Waals surface area contributed by atoms with Crippen molar-refractivity contribution in [3.8, 4) is 0 Å². The van der Waals surface area contributed by atoms with Crippen molar-refractivity contribution in [3.05, 3.63) is 35.9 Å². The van der Waals surface area contributed by atoms with Gasteiger partial charge >= 0.3 is 0 Å². The van der Waals surface area contributed by atoms with Gasteiger partial charge in [0.2, 0.25) is 0 Å². The number of aliphatic hydroxyl groups excluding tert-OH is 1. The first kappa shape index (κ1) is 12.2. The van der Waals surface area contributed by atoms with Gasteiger partial charge in [-0.3, -0.25) is 0 Å². The average Bonchev–Trinajstić information content (AvgIpc) is 2.14. The molecule has 0 amide bonds. The fourth-order valence-corrected chi connectivity index (χ4v) is 2.40. The lowest BCUT2D eigenvalue weighted by atomic mass is 10.1. The van der Waals surface area contributed by atoms with Crippen LogP contribution in [0.5, 0.6) is 0 Å². The molecule has 1 aromatic rings. The molecule has 0 radical (unpaired) electrons. The highest BCUT2D eigenvalue weighted by atomic mass is 32.2. The van der Waals surface area contributed by atoms with Gasteiger partial charge in [0.15, 0.2) is 0 Å². The van der Waals surface area contributed by atoms with Crippen molar-refractivity contribution in [2.45, 2.75) is 24.7 Å². The van der Waals surface area contributed by atoms with Gasteiger partial charge in [-0.25, -0.2) is 8.42 Å². The van der Waals surface area contributed by atoms with E-state index in [4.69, 9.17) is 5.11 Å². The fourth-order valence-electron chi connectivity index (χ4n) is 1.40. The molecule has 15 heavy (non-hydrogen) atoms. The Labute approximate surface area is 89.3 Å². The summed E-state index contributed by atoms with van der Waals surface area (Å²) in [5, 5.41) is 7.98. The van der Waals surface area contributed by atoms with Crippen LogP contribution in [-0.2, 0) is 10.1 Å². The van der Waals surface area contributed by atoms with E-state index in [1.54, 1.807) is 30.3 Å². The standard InChI is InChI=1S/C10H14O4S/c1-8(11)7-10(15(12,13)14)9-5-3-2-4-6-9/h2-6,8,10-11H,7H2,1H3,(H,12,13,14)/p-1/t8-,10+/m0/s1. The van der Waals surface area contributed by atoms with Crippen LogP contribution in [0.25, 0.3) is 0 Å². The Morgan fingerprint density at radius 3 is 2.27 bits per heavy atom. The molecule has 0 bridgehead atoms. The Hall–Kier alpha value is -0.910. The summed E-state index contributed by atoms with van der Waals surface area (Å²) in [6.45, 7) is 1.46. The molecule has 2 atom stereocenters. The smallest absolute Gasteiger partial charge is 0.102 e. The van der Waals surface area contributed by atoms with Crippen molar-refractivity contribution in [1.29, 1.82) is 0 Å². The third kappa shape index (κ3) is 3.62. The van der Waals surface area contributed by atoms with Crippen molar-refractivity contribution < 1.29 is 18.1 Å². The molecule has 84 valence electrons. The first-order valence-corrected chi connectivity index (χ1v) is 6.06. The first-order chi connectivity index (χ1) is 6.91. The normalized spacial score (nSPS) is 15.9. The maximum Gasteiger partial charge on any atom is 0.102 e. The first-order valence-electron chi connectivity index (χ1n) is 4.59. The molecule has 1 N–H and O–H groups in total. The summed E-state index contributed by atoms with van der Waals surface area (Å²) in [7, 11) is -4.42. The zero-order valence-electron chi connectivity index (χ0n) is 8.33. The van der Waals surface area contributed by atoms with E-state index in [2.05, 4.69) is 0 Å². The Morgan fingerprint density at radius 1 is 1.33 bits per heavy atom. The van der Waals surface area contributed by atoms with Crippen LogP contribution < -0.4 is 0 Å². The molecule has 1 rings (SSSR count). The fraction of sp³-hybridized carbons (Fsp3) is 0.400. The van der Waals surface area contributed by atoms with Crippen molar-refractivity contribution in [1.82, 2.24) is 0 Å². The van der Waals surface area contributed by atoms with E-state index in [9.17, 15) is 13.0 Å². The van der Waals surface area contributed by atoms with E-state index >= 15 is 0 Å². The highest BCUT2D eigenvalue weighted by molar-refractivity contribution is 7.86.